The molecular weight excluding hydrogens is 809 g/mol. The average Bonchev–Trinajstić information content (AvgIpc) is 3.65. The van der Waals surface area contributed by atoms with Crippen LogP contribution in [0.1, 0.15) is 109 Å². The number of hydrogen-bond acceptors (Lipinski definition) is 6. The Balaban J connectivity index is 0.000000334. The van der Waals surface area contributed by atoms with Crippen molar-refractivity contribution in [2.75, 3.05) is 0 Å². The van der Waals surface area contributed by atoms with Crippen LogP contribution in [0.5, 0.6) is 0 Å². The molecule has 4 nitrogen and oxygen atoms in total. The first-order chi connectivity index (χ1) is 22.3. The third-order valence-corrected chi connectivity index (χ3v) is 11.4. The zero-order chi connectivity index (χ0) is 34.5. The first-order valence-corrected chi connectivity index (χ1v) is 18.7. The largest absolute Gasteiger partial charge is 0.512 e. The number of hydrogen-bond donors (Lipinski definition) is 1. The third kappa shape index (κ3) is 8.90. The molecule has 3 aromatic heterocycles. The number of aryl methyl sites for hydroxylation is 1. The number of benzene rings is 2. The molecule has 0 spiro atoms. The molecule has 5 rings (SSSR count). The molecule has 0 bridgehead atoms. The van der Waals surface area contributed by atoms with Gasteiger partial charge in [0.25, 0.3) is 0 Å². The van der Waals surface area contributed by atoms with E-state index in [1.165, 1.54) is 42.4 Å². The monoisotopic (exact) mass is 860 g/mol. The summed E-state index contributed by atoms with van der Waals surface area (Å²) >= 11 is 3.64. The number of carbonyl (C=O) groups is 1. The molecular formula is C41H51IrN2O2S2-. The molecule has 0 aliphatic heterocycles. The van der Waals surface area contributed by atoms with Crippen LogP contribution in [-0.4, -0.2) is 20.9 Å². The molecule has 0 atom stereocenters. The Morgan fingerprint density at radius 2 is 1.58 bits per heavy atom. The van der Waals surface area contributed by atoms with Crippen molar-refractivity contribution in [2.24, 2.45) is 11.8 Å². The number of carbonyl (C=O) groups excluding carboxylic acids is 1. The van der Waals surface area contributed by atoms with Gasteiger partial charge in [-0.05, 0) is 55.4 Å². The number of ketones is 1. The molecule has 0 aliphatic carbocycles. The molecule has 48 heavy (non-hydrogen) atoms. The Labute approximate surface area is 309 Å². The number of aliphatic hydroxyl groups is 1. The minimum atomic E-state index is 0. The van der Waals surface area contributed by atoms with Crippen molar-refractivity contribution < 1.29 is 30.0 Å². The Bertz CT molecular complexity index is 1850. The summed E-state index contributed by atoms with van der Waals surface area (Å²) in [5.74, 6) is 0.981. The topological polar surface area (TPSA) is 63.1 Å². The smallest absolute Gasteiger partial charge is 0.162 e. The van der Waals surface area contributed by atoms with Crippen LogP contribution in [0.15, 0.2) is 60.6 Å². The summed E-state index contributed by atoms with van der Waals surface area (Å²) in [5, 5.41) is 14.5. The van der Waals surface area contributed by atoms with E-state index in [4.69, 9.17) is 4.98 Å². The van der Waals surface area contributed by atoms with E-state index in [0.29, 0.717) is 5.92 Å². The molecule has 0 amide bonds. The first kappa shape index (κ1) is 39.7. The number of allylic oxidation sites excluding steroid dienone is 2. The zero-order valence-corrected chi connectivity index (χ0v) is 34.2. The fraction of sp³-hybridized carbons (Fsp3) is 0.439. The number of pyridine rings is 1. The van der Waals surface area contributed by atoms with Crippen molar-refractivity contribution in [1.82, 2.24) is 9.97 Å². The van der Waals surface area contributed by atoms with Crippen LogP contribution >= 0.6 is 22.7 Å². The Morgan fingerprint density at radius 1 is 0.938 bits per heavy atom. The van der Waals surface area contributed by atoms with Gasteiger partial charge in [0, 0.05) is 71.2 Å². The van der Waals surface area contributed by atoms with Gasteiger partial charge in [0.2, 0.25) is 0 Å². The molecule has 7 heteroatoms. The summed E-state index contributed by atoms with van der Waals surface area (Å²) in [6.45, 7) is 21.5. The number of thiophene rings is 1. The van der Waals surface area contributed by atoms with Crippen LogP contribution in [0.4, 0.5) is 0 Å². The van der Waals surface area contributed by atoms with E-state index in [-0.39, 0.29) is 48.9 Å². The van der Waals surface area contributed by atoms with Crippen molar-refractivity contribution in [3.05, 3.63) is 82.1 Å². The van der Waals surface area contributed by atoms with Crippen LogP contribution in [0.3, 0.4) is 0 Å². The molecule has 0 unspecified atom stereocenters. The quantitative estimate of drug-likeness (QED) is 0.0863. The maximum Gasteiger partial charge on any atom is 0.162 e. The molecule has 3 heterocycles. The van der Waals surface area contributed by atoms with E-state index in [1.54, 1.807) is 11.3 Å². The summed E-state index contributed by atoms with van der Waals surface area (Å²) in [5.41, 5.74) is 4.79. The van der Waals surface area contributed by atoms with Gasteiger partial charge < -0.3 is 5.11 Å². The van der Waals surface area contributed by atoms with Crippen LogP contribution in [0.25, 0.3) is 42.6 Å². The van der Waals surface area contributed by atoms with Crippen molar-refractivity contribution in [1.29, 1.82) is 0 Å². The van der Waals surface area contributed by atoms with Crippen LogP contribution < -0.4 is 0 Å². The molecule has 0 fully saturated rings. The summed E-state index contributed by atoms with van der Waals surface area (Å²) < 4.78 is 1.24. The molecule has 0 saturated heterocycles. The van der Waals surface area contributed by atoms with E-state index < -0.39 is 0 Å². The number of aliphatic hydroxyl groups excluding tert-OH is 1. The predicted molar refractivity (Wildman–Crippen MR) is 204 cm³/mol. The normalized spacial score (nSPS) is 12.1. The maximum atomic E-state index is 11.7. The first-order valence-electron chi connectivity index (χ1n) is 17.1. The van der Waals surface area contributed by atoms with Gasteiger partial charge in [0.15, 0.2) is 5.78 Å². The second kappa shape index (κ2) is 17.3. The molecule has 259 valence electrons. The summed E-state index contributed by atoms with van der Waals surface area (Å²) in [4.78, 5) is 23.8. The molecule has 1 radical (unpaired) electrons. The fourth-order valence-electron chi connectivity index (χ4n) is 6.13. The molecule has 5 aromatic rings. The second-order valence-electron chi connectivity index (χ2n) is 13.7. The minimum absolute atomic E-state index is 0. The van der Waals surface area contributed by atoms with E-state index >= 15 is 0 Å². The molecule has 0 aliphatic rings. The zero-order valence-electron chi connectivity index (χ0n) is 30.2. The van der Waals surface area contributed by atoms with Crippen molar-refractivity contribution in [3.8, 4) is 21.7 Å². The Kier molecular flexibility index (Phi) is 14.3. The van der Waals surface area contributed by atoms with Crippen molar-refractivity contribution in [2.45, 2.75) is 106 Å². The molecule has 1 N–H and O–H groups in total. The van der Waals surface area contributed by atoms with Gasteiger partial charge in [-0.2, -0.15) is 0 Å². The number of aromatic nitrogens is 2. The molecule has 2 aromatic carbocycles. The summed E-state index contributed by atoms with van der Waals surface area (Å²) in [6, 6.07) is 16.7. The number of rotatable bonds is 10. The Hall–Kier alpha value is -2.70. The van der Waals surface area contributed by atoms with Crippen molar-refractivity contribution >= 4 is 49.3 Å². The van der Waals surface area contributed by atoms with Crippen LogP contribution in [0, 0.1) is 24.8 Å². The van der Waals surface area contributed by atoms with Gasteiger partial charge in [0.05, 0.1) is 15.6 Å². The van der Waals surface area contributed by atoms with Crippen molar-refractivity contribution in [3.63, 3.8) is 0 Å². The van der Waals surface area contributed by atoms with Gasteiger partial charge in [-0.3, -0.25) is 9.78 Å². The van der Waals surface area contributed by atoms with E-state index in [0.717, 1.165) is 47.3 Å². The van der Waals surface area contributed by atoms with Gasteiger partial charge in [-0.1, -0.05) is 91.5 Å². The van der Waals surface area contributed by atoms with Gasteiger partial charge in [0.1, 0.15) is 0 Å². The van der Waals surface area contributed by atoms with Crippen LogP contribution in [-0.2, 0) is 30.3 Å². The number of nitrogens with zero attached hydrogens (tertiary/aromatic N) is 2. The number of fused-ring (bicyclic) bond motifs is 2. The van der Waals surface area contributed by atoms with E-state index in [2.05, 4.69) is 89.0 Å². The summed E-state index contributed by atoms with van der Waals surface area (Å²) in [7, 11) is 0. The van der Waals surface area contributed by atoms with E-state index in [1.807, 2.05) is 51.4 Å². The van der Waals surface area contributed by atoms with Gasteiger partial charge in [-0.15, -0.1) is 51.8 Å². The number of thiazole rings is 1. The average molecular weight is 860 g/mol. The van der Waals surface area contributed by atoms with E-state index in [9.17, 15) is 9.90 Å². The maximum absolute atomic E-state index is 11.7. The predicted octanol–water partition coefficient (Wildman–Crippen LogP) is 12.6. The minimum Gasteiger partial charge on any atom is -0.512 e. The standard InChI is InChI=1S/C28H27N2S2.C13H24O2.Ir/c1-16(2)26-24(23-15-30-17(3)31-23)21-11-12-29-25(27(21)32-26)19-13-18-9-7-8-10-20(18)22(14-19)28(4,5)6;1-5-10(6-2)12(14)9-13(15)11(7-3)8-4;/h7-12,14-16H,1-6H3;9-11,14H,5-8H2,1-4H3;/q-1;;/b;12-9-;. The summed E-state index contributed by atoms with van der Waals surface area (Å²) in [6.07, 6.45) is 8.88. The molecule has 0 saturated carbocycles. The third-order valence-electron chi connectivity index (χ3n) is 8.94. The second-order valence-corrected chi connectivity index (χ2v) is 16.0. The Morgan fingerprint density at radius 3 is 2.15 bits per heavy atom. The van der Waals surface area contributed by atoms with Gasteiger partial charge >= 0.3 is 0 Å². The van der Waals surface area contributed by atoms with Gasteiger partial charge in [-0.25, -0.2) is 4.98 Å². The van der Waals surface area contributed by atoms with Crippen LogP contribution in [0.2, 0.25) is 0 Å². The fourth-order valence-corrected chi connectivity index (χ4v) is 8.36. The SMILES string of the molecule is CCC(CC)C(=O)/C=C(\O)C(CC)CC.Cc1ncc(-c2c(C(C)C)sc3c(-c4[c-]c5ccccc5c(C(C)(C)C)c4)nccc23)s1.[Ir].